The number of hydrogen-bond donors (Lipinski definition) is 0. The van der Waals surface area contributed by atoms with Gasteiger partial charge in [0.1, 0.15) is 17.5 Å². The third-order valence-electron chi connectivity index (χ3n) is 7.02. The minimum atomic E-state index is 0.271. The number of nitriles is 1. The molecule has 7 aromatic rings. The van der Waals surface area contributed by atoms with Crippen LogP contribution in [-0.2, 0) is 0 Å². The van der Waals surface area contributed by atoms with Gasteiger partial charge in [0.05, 0.1) is 28.9 Å². The van der Waals surface area contributed by atoms with Crippen LogP contribution in [0.15, 0.2) is 121 Å². The van der Waals surface area contributed by atoms with Gasteiger partial charge in [-0.25, -0.2) is 4.85 Å². The predicted molar refractivity (Wildman–Crippen MR) is 155 cm³/mol. The predicted octanol–water partition coefficient (Wildman–Crippen LogP) is 8.94. The summed E-state index contributed by atoms with van der Waals surface area (Å²) >= 11 is 0. The average Bonchev–Trinajstić information content (AvgIpc) is 3.50. The van der Waals surface area contributed by atoms with Crippen LogP contribution in [0, 0.1) is 17.9 Å². The molecule has 0 radical (unpaired) electrons. The van der Waals surface area contributed by atoms with Gasteiger partial charge in [-0.15, -0.1) is 0 Å². The summed E-state index contributed by atoms with van der Waals surface area (Å²) in [6.45, 7) is 7.55. The number of benzene rings is 5. The lowest BCUT2D eigenvalue weighted by Crippen LogP contribution is -2.01. The van der Waals surface area contributed by atoms with Crippen LogP contribution in [0.3, 0.4) is 0 Å². The second kappa shape index (κ2) is 8.95. The van der Waals surface area contributed by atoms with E-state index in [9.17, 15) is 5.26 Å². The Kier molecular flexibility index (Phi) is 5.15. The van der Waals surface area contributed by atoms with Crippen LogP contribution in [0.1, 0.15) is 5.56 Å². The van der Waals surface area contributed by atoms with Gasteiger partial charge < -0.3 is 4.74 Å². The molecule has 0 saturated heterocycles. The average molecular weight is 501 g/mol. The molecule has 5 nitrogen and oxygen atoms in total. The fourth-order valence-electron chi connectivity index (χ4n) is 5.41. The van der Waals surface area contributed by atoms with Crippen LogP contribution in [0.4, 0.5) is 5.69 Å². The lowest BCUT2D eigenvalue weighted by Gasteiger charge is -2.14. The maximum absolute atomic E-state index is 9.63. The minimum Gasteiger partial charge on any atom is -0.467 e. The summed E-state index contributed by atoms with van der Waals surface area (Å²) in [5.41, 5.74) is 5.88. The molecule has 0 unspecified atom stereocenters. The lowest BCUT2D eigenvalue weighted by atomic mass is 10.1. The zero-order valence-electron chi connectivity index (χ0n) is 20.7. The summed E-state index contributed by atoms with van der Waals surface area (Å²) < 4.78 is 10.8. The topological polar surface area (TPSA) is 47.2 Å². The summed E-state index contributed by atoms with van der Waals surface area (Å²) in [6, 6.07) is 42.3. The summed E-state index contributed by atoms with van der Waals surface area (Å²) in [5, 5.41) is 13.2. The number of nitrogens with zero attached hydrogens (tertiary/aromatic N) is 4. The Morgan fingerprint density at radius 1 is 0.667 bits per heavy atom. The first-order valence-electron chi connectivity index (χ1n) is 12.6. The molecule has 0 bridgehead atoms. The first-order valence-corrected chi connectivity index (χ1v) is 12.6. The first-order chi connectivity index (χ1) is 19.3. The highest BCUT2D eigenvalue weighted by molar-refractivity contribution is 6.22. The summed E-state index contributed by atoms with van der Waals surface area (Å²) in [6.07, 6.45) is 0. The molecule has 0 spiro atoms. The van der Waals surface area contributed by atoms with Crippen molar-refractivity contribution < 1.29 is 4.74 Å². The number of rotatable bonds is 4. The number of aromatic nitrogens is 2. The van der Waals surface area contributed by atoms with E-state index in [1.54, 1.807) is 18.2 Å². The number of fused-ring (bicyclic) bond motifs is 5. The molecule has 0 atom stereocenters. The van der Waals surface area contributed by atoms with E-state index in [1.165, 1.54) is 10.8 Å². The van der Waals surface area contributed by atoms with Gasteiger partial charge in [0.2, 0.25) is 5.69 Å². The maximum Gasteiger partial charge on any atom is 0.230 e. The molecule has 39 heavy (non-hydrogen) atoms. The van der Waals surface area contributed by atoms with E-state index in [-0.39, 0.29) is 5.75 Å². The second-order valence-corrected chi connectivity index (χ2v) is 9.22. The monoisotopic (exact) mass is 500 g/mol. The van der Waals surface area contributed by atoms with Crippen molar-refractivity contribution in [2.24, 2.45) is 0 Å². The van der Waals surface area contributed by atoms with Gasteiger partial charge >= 0.3 is 0 Å². The third-order valence-corrected chi connectivity index (χ3v) is 7.02. The highest BCUT2D eigenvalue weighted by atomic mass is 16.5. The highest BCUT2D eigenvalue weighted by Crippen LogP contribution is 2.41. The molecule has 0 aliphatic heterocycles. The van der Waals surface area contributed by atoms with E-state index in [0.717, 1.165) is 33.4 Å². The largest absolute Gasteiger partial charge is 0.467 e. The van der Waals surface area contributed by atoms with Gasteiger partial charge in [-0.05, 0) is 42.5 Å². The standard InChI is InChI=1S/C34H20N4O/c1-36-29-18-9-11-23(22-35)33(29)39-26-15-10-14-25(21-26)38-31-20-8-6-17-28(31)32-27-16-5-7-19-30(27)37(34(32)38)24-12-3-2-4-13-24/h2-21H. The molecule has 5 aromatic carbocycles. The van der Waals surface area contributed by atoms with Crippen molar-refractivity contribution in [1.29, 1.82) is 5.26 Å². The fourth-order valence-corrected chi connectivity index (χ4v) is 5.41. The van der Waals surface area contributed by atoms with Gasteiger partial charge in [0.15, 0.2) is 5.75 Å². The molecule has 5 heteroatoms. The van der Waals surface area contributed by atoms with Crippen LogP contribution in [0.2, 0.25) is 0 Å². The molecule has 2 heterocycles. The Hall–Kier alpha value is -5.78. The molecule has 0 aliphatic carbocycles. The van der Waals surface area contributed by atoms with E-state index in [2.05, 4.69) is 98.9 Å². The van der Waals surface area contributed by atoms with Gasteiger partial charge in [0.25, 0.3) is 0 Å². The van der Waals surface area contributed by atoms with Crippen LogP contribution in [0.25, 0.3) is 49.1 Å². The Balaban J connectivity index is 1.53. The molecule has 0 saturated carbocycles. The quantitative estimate of drug-likeness (QED) is 0.227. The number of ether oxygens (including phenoxy) is 1. The maximum atomic E-state index is 9.63. The van der Waals surface area contributed by atoms with Crippen molar-refractivity contribution in [3.8, 4) is 28.9 Å². The Labute approximate surface area is 224 Å². The number of hydrogen-bond acceptors (Lipinski definition) is 2. The Morgan fingerprint density at radius 2 is 1.28 bits per heavy atom. The van der Waals surface area contributed by atoms with E-state index in [4.69, 9.17) is 11.3 Å². The normalized spacial score (nSPS) is 11.0. The van der Waals surface area contributed by atoms with E-state index < -0.39 is 0 Å². The fraction of sp³-hybridized carbons (Fsp3) is 0. The van der Waals surface area contributed by atoms with Crippen LogP contribution in [0.5, 0.6) is 11.5 Å². The van der Waals surface area contributed by atoms with Gasteiger partial charge in [-0.1, -0.05) is 72.8 Å². The zero-order valence-corrected chi connectivity index (χ0v) is 20.7. The molecule has 0 N–H and O–H groups in total. The Morgan fingerprint density at radius 3 is 1.97 bits per heavy atom. The van der Waals surface area contributed by atoms with Crippen LogP contribution < -0.4 is 4.74 Å². The number of para-hydroxylation sites is 4. The van der Waals surface area contributed by atoms with Gasteiger partial charge in [-0.2, -0.15) is 5.26 Å². The Bertz CT molecular complexity index is 2090. The van der Waals surface area contributed by atoms with Crippen molar-refractivity contribution in [2.45, 2.75) is 0 Å². The minimum absolute atomic E-state index is 0.271. The van der Waals surface area contributed by atoms with Crippen molar-refractivity contribution in [2.75, 3.05) is 0 Å². The first kappa shape index (κ1) is 22.4. The SMILES string of the molecule is [C-]#[N+]c1cccc(C#N)c1Oc1cccc(-n2c3ccccc3c3c4ccccc4n(-c4ccccc4)c32)c1. The van der Waals surface area contributed by atoms with Crippen molar-refractivity contribution in [1.82, 2.24) is 9.13 Å². The van der Waals surface area contributed by atoms with E-state index in [0.29, 0.717) is 17.0 Å². The molecule has 7 rings (SSSR count). The molecular weight excluding hydrogens is 480 g/mol. The smallest absolute Gasteiger partial charge is 0.230 e. The molecule has 0 amide bonds. The van der Waals surface area contributed by atoms with Crippen LogP contribution in [-0.4, -0.2) is 9.13 Å². The summed E-state index contributed by atoms with van der Waals surface area (Å²) in [7, 11) is 0. The highest BCUT2D eigenvalue weighted by Gasteiger charge is 2.22. The molecular formula is C34H20N4O. The van der Waals surface area contributed by atoms with Crippen molar-refractivity contribution >= 4 is 38.5 Å². The van der Waals surface area contributed by atoms with Gasteiger partial charge in [-0.3, -0.25) is 9.13 Å². The lowest BCUT2D eigenvalue weighted by molar-refractivity contribution is 0.484. The molecule has 182 valence electrons. The van der Waals surface area contributed by atoms with Crippen molar-refractivity contribution in [3.05, 3.63) is 138 Å². The third kappa shape index (κ3) is 3.46. The van der Waals surface area contributed by atoms with Gasteiger partial charge in [0, 0.05) is 27.9 Å². The summed E-state index contributed by atoms with van der Waals surface area (Å²) in [5.74, 6) is 0.821. The second-order valence-electron chi connectivity index (χ2n) is 9.22. The van der Waals surface area contributed by atoms with E-state index in [1.807, 2.05) is 24.3 Å². The molecule has 0 aliphatic rings. The molecule has 2 aromatic heterocycles. The van der Waals surface area contributed by atoms with Crippen LogP contribution >= 0.6 is 0 Å². The van der Waals surface area contributed by atoms with Crippen molar-refractivity contribution in [3.63, 3.8) is 0 Å². The summed E-state index contributed by atoms with van der Waals surface area (Å²) in [4.78, 5) is 3.56. The van der Waals surface area contributed by atoms with E-state index >= 15 is 0 Å². The zero-order chi connectivity index (χ0) is 26.3. The molecule has 0 fully saturated rings.